The fraction of sp³-hybridized carbons (Fsp3) is 0.778. The van der Waals surface area contributed by atoms with Gasteiger partial charge in [-0.15, -0.1) is 11.3 Å². The van der Waals surface area contributed by atoms with E-state index in [1.807, 2.05) is 6.92 Å². The number of guanidine groups is 1. The number of rotatable bonds is 8. The Hall–Kier alpha value is -1.39. The maximum atomic E-state index is 12.7. The lowest BCUT2D eigenvalue weighted by Gasteiger charge is -2.35. The summed E-state index contributed by atoms with van der Waals surface area (Å²) in [7, 11) is 0. The monoisotopic (exact) mass is 421 g/mol. The van der Waals surface area contributed by atoms with Crippen molar-refractivity contribution in [2.45, 2.75) is 46.0 Å². The van der Waals surface area contributed by atoms with Crippen LogP contribution >= 0.6 is 11.3 Å². The molecule has 1 aromatic heterocycles. The van der Waals surface area contributed by atoms with Gasteiger partial charge in [-0.25, -0.2) is 9.98 Å². The first-order valence-electron chi connectivity index (χ1n) is 9.65. The fourth-order valence-electron chi connectivity index (χ4n) is 3.06. The fourth-order valence-corrected chi connectivity index (χ4v) is 3.79. The Morgan fingerprint density at radius 2 is 2.04 bits per heavy atom. The molecule has 0 radical (unpaired) electrons. The molecule has 2 heterocycles. The van der Waals surface area contributed by atoms with Gasteiger partial charge in [0.1, 0.15) is 5.01 Å². The Bertz CT molecular complexity index is 615. The van der Waals surface area contributed by atoms with Gasteiger partial charge in [-0.3, -0.25) is 4.90 Å². The van der Waals surface area contributed by atoms with Crippen LogP contribution in [0, 0.1) is 5.92 Å². The lowest BCUT2D eigenvalue weighted by Crippen LogP contribution is -2.51. The predicted molar refractivity (Wildman–Crippen MR) is 106 cm³/mol. The summed E-state index contributed by atoms with van der Waals surface area (Å²) in [6.07, 6.45) is -3.36. The maximum Gasteiger partial charge on any atom is 0.434 e. The molecule has 1 unspecified atom stereocenters. The molecule has 0 aliphatic carbocycles. The Balaban J connectivity index is 1.97. The average Bonchev–Trinajstić information content (AvgIpc) is 3.13. The first kappa shape index (κ1) is 22.9. The van der Waals surface area contributed by atoms with E-state index in [1.54, 1.807) is 0 Å². The van der Waals surface area contributed by atoms with Crippen molar-refractivity contribution in [3.63, 3.8) is 0 Å². The molecule has 2 N–H and O–H groups in total. The molecule has 28 heavy (non-hydrogen) atoms. The lowest BCUT2D eigenvalue weighted by molar-refractivity contribution is -0.140. The zero-order valence-corrected chi connectivity index (χ0v) is 17.5. The van der Waals surface area contributed by atoms with Gasteiger partial charge in [0, 0.05) is 37.6 Å². The molecule has 1 aromatic rings. The molecule has 1 aliphatic rings. The van der Waals surface area contributed by atoms with E-state index < -0.39 is 11.9 Å². The van der Waals surface area contributed by atoms with E-state index in [9.17, 15) is 13.2 Å². The molecule has 0 spiro atoms. The van der Waals surface area contributed by atoms with Gasteiger partial charge < -0.3 is 15.4 Å². The topological polar surface area (TPSA) is 61.8 Å². The van der Waals surface area contributed by atoms with Crippen LogP contribution in [0.5, 0.6) is 0 Å². The molecule has 160 valence electrons. The van der Waals surface area contributed by atoms with Crippen molar-refractivity contribution >= 4 is 17.3 Å². The van der Waals surface area contributed by atoms with Crippen LogP contribution in [0.4, 0.5) is 13.2 Å². The van der Waals surface area contributed by atoms with Crippen LogP contribution < -0.4 is 10.6 Å². The van der Waals surface area contributed by atoms with E-state index in [4.69, 9.17) is 4.74 Å². The summed E-state index contributed by atoms with van der Waals surface area (Å²) in [6.45, 7) is 11.2. The number of aromatic nitrogens is 1. The van der Waals surface area contributed by atoms with Crippen molar-refractivity contribution in [1.29, 1.82) is 0 Å². The van der Waals surface area contributed by atoms with Gasteiger partial charge in [0.05, 0.1) is 19.8 Å². The number of nitrogens with one attached hydrogen (secondary N) is 2. The standard InChI is InChI=1S/C18H30F3N5OS/c1-4-22-17(24-11-16-25-15(12-28-16)18(19,20)21)23-10-14(9-13(2)3)26-5-7-27-8-6-26/h12-14H,4-11H2,1-3H3,(H2,22,23,24). The quantitative estimate of drug-likeness (QED) is 0.499. The van der Waals surface area contributed by atoms with Gasteiger partial charge in [-0.2, -0.15) is 13.2 Å². The summed E-state index contributed by atoms with van der Waals surface area (Å²) >= 11 is 0.976. The molecule has 1 atom stereocenters. The van der Waals surface area contributed by atoms with Crippen LogP contribution in [0.1, 0.15) is 37.9 Å². The highest BCUT2D eigenvalue weighted by atomic mass is 32.1. The second-order valence-electron chi connectivity index (χ2n) is 7.13. The first-order valence-corrected chi connectivity index (χ1v) is 10.5. The Morgan fingerprint density at radius 1 is 1.32 bits per heavy atom. The molecule has 10 heteroatoms. The third-order valence-corrected chi connectivity index (χ3v) is 5.20. The molecule has 2 rings (SSSR count). The lowest BCUT2D eigenvalue weighted by atomic mass is 10.0. The minimum Gasteiger partial charge on any atom is -0.379 e. The highest BCUT2D eigenvalue weighted by molar-refractivity contribution is 7.09. The minimum atomic E-state index is -4.41. The number of hydrogen-bond acceptors (Lipinski definition) is 5. The second-order valence-corrected chi connectivity index (χ2v) is 8.07. The van der Waals surface area contributed by atoms with Crippen molar-refractivity contribution in [2.75, 3.05) is 39.4 Å². The van der Waals surface area contributed by atoms with E-state index in [1.165, 1.54) is 0 Å². The number of alkyl halides is 3. The van der Waals surface area contributed by atoms with E-state index in [0.29, 0.717) is 29.5 Å². The summed E-state index contributed by atoms with van der Waals surface area (Å²) < 4.78 is 43.5. The molecule has 1 aliphatic heterocycles. The van der Waals surface area contributed by atoms with Gasteiger partial charge >= 0.3 is 6.18 Å². The van der Waals surface area contributed by atoms with Crippen molar-refractivity contribution in [1.82, 2.24) is 20.5 Å². The average molecular weight is 422 g/mol. The van der Waals surface area contributed by atoms with Crippen LogP contribution in [0.15, 0.2) is 10.4 Å². The molecule has 1 saturated heterocycles. The van der Waals surface area contributed by atoms with Gasteiger partial charge in [0.2, 0.25) is 0 Å². The smallest absolute Gasteiger partial charge is 0.379 e. The SMILES string of the molecule is CCNC(=NCc1nc(C(F)(F)F)cs1)NCC(CC(C)C)N1CCOCC1. The van der Waals surface area contributed by atoms with Gasteiger partial charge in [0.15, 0.2) is 11.7 Å². The van der Waals surface area contributed by atoms with Crippen LogP contribution in [0.3, 0.4) is 0 Å². The van der Waals surface area contributed by atoms with E-state index in [2.05, 4.69) is 39.4 Å². The summed E-state index contributed by atoms with van der Waals surface area (Å²) in [5.74, 6) is 1.15. The zero-order valence-electron chi connectivity index (χ0n) is 16.7. The van der Waals surface area contributed by atoms with Crippen LogP contribution in [-0.4, -0.2) is 61.3 Å². The van der Waals surface area contributed by atoms with Gasteiger partial charge in [-0.1, -0.05) is 13.8 Å². The van der Waals surface area contributed by atoms with Crippen molar-refractivity contribution in [3.8, 4) is 0 Å². The molecule has 0 saturated carbocycles. The van der Waals surface area contributed by atoms with Crippen molar-refractivity contribution < 1.29 is 17.9 Å². The number of hydrogen-bond donors (Lipinski definition) is 2. The number of nitrogens with zero attached hydrogens (tertiary/aromatic N) is 3. The number of aliphatic imine (C=N–C) groups is 1. The molecule has 6 nitrogen and oxygen atoms in total. The molecule has 1 fully saturated rings. The normalized spacial score (nSPS) is 17.8. The highest BCUT2D eigenvalue weighted by Gasteiger charge is 2.33. The number of morpholine rings is 1. The minimum absolute atomic E-state index is 0.114. The maximum absolute atomic E-state index is 12.7. The number of thiazole rings is 1. The Morgan fingerprint density at radius 3 is 2.61 bits per heavy atom. The summed E-state index contributed by atoms with van der Waals surface area (Å²) in [5.41, 5.74) is -0.857. The predicted octanol–water partition coefficient (Wildman–Crippen LogP) is 2.96. The van der Waals surface area contributed by atoms with E-state index in [0.717, 1.165) is 56.0 Å². The Kier molecular flexibility index (Phi) is 8.97. The van der Waals surface area contributed by atoms with E-state index in [-0.39, 0.29) is 6.54 Å². The van der Waals surface area contributed by atoms with Gasteiger partial charge in [-0.05, 0) is 19.3 Å². The second kappa shape index (κ2) is 11.0. The number of ether oxygens (including phenoxy) is 1. The largest absolute Gasteiger partial charge is 0.434 e. The first-order chi connectivity index (χ1) is 13.3. The number of halogens is 3. The Labute approximate surface area is 168 Å². The molecular weight excluding hydrogens is 391 g/mol. The van der Waals surface area contributed by atoms with E-state index >= 15 is 0 Å². The highest BCUT2D eigenvalue weighted by Crippen LogP contribution is 2.30. The molecule has 0 bridgehead atoms. The summed E-state index contributed by atoms with van der Waals surface area (Å²) in [6, 6.07) is 0.351. The zero-order chi connectivity index (χ0) is 20.6. The molecule has 0 amide bonds. The van der Waals surface area contributed by atoms with Crippen molar-refractivity contribution in [2.24, 2.45) is 10.9 Å². The van der Waals surface area contributed by atoms with Crippen LogP contribution in [-0.2, 0) is 17.5 Å². The third kappa shape index (κ3) is 7.56. The molecular formula is C18H30F3N5OS. The molecule has 0 aromatic carbocycles. The third-order valence-electron chi connectivity index (χ3n) is 4.37. The van der Waals surface area contributed by atoms with Crippen LogP contribution in [0.2, 0.25) is 0 Å². The van der Waals surface area contributed by atoms with Gasteiger partial charge in [0.25, 0.3) is 0 Å². The summed E-state index contributed by atoms with van der Waals surface area (Å²) in [5, 5.41) is 7.87. The van der Waals surface area contributed by atoms with Crippen LogP contribution in [0.25, 0.3) is 0 Å². The van der Waals surface area contributed by atoms with Crippen molar-refractivity contribution in [3.05, 3.63) is 16.1 Å². The summed E-state index contributed by atoms with van der Waals surface area (Å²) in [4.78, 5) is 10.5.